The predicted molar refractivity (Wildman–Crippen MR) is 87.1 cm³/mol. The Kier molecular flexibility index (Phi) is 7.20. The second kappa shape index (κ2) is 8.15. The first-order chi connectivity index (χ1) is 9.42. The smallest absolute Gasteiger partial charge is 0.0750 e. The molecule has 0 aliphatic heterocycles. The van der Waals surface area contributed by atoms with Crippen molar-refractivity contribution in [1.29, 1.82) is 0 Å². The van der Waals surface area contributed by atoms with Crippen molar-refractivity contribution >= 4 is 15.9 Å². The molecule has 20 heavy (non-hydrogen) atoms. The second-order valence-corrected chi connectivity index (χ2v) is 6.47. The highest BCUT2D eigenvalue weighted by Crippen LogP contribution is 2.23. The van der Waals surface area contributed by atoms with E-state index in [9.17, 15) is 0 Å². The highest BCUT2D eigenvalue weighted by atomic mass is 79.9. The molecule has 0 radical (unpaired) electrons. The van der Waals surface area contributed by atoms with E-state index < -0.39 is 0 Å². The predicted octanol–water partition coefficient (Wildman–Crippen LogP) is 3.07. The first kappa shape index (κ1) is 17.7. The van der Waals surface area contributed by atoms with E-state index >= 15 is 0 Å². The van der Waals surface area contributed by atoms with Gasteiger partial charge in [0.15, 0.2) is 0 Å². The maximum Gasteiger partial charge on any atom is 0.0750 e. The van der Waals surface area contributed by atoms with Crippen LogP contribution in [-0.4, -0.2) is 35.6 Å². The lowest BCUT2D eigenvalue weighted by atomic mass is 9.95. The Labute approximate surface area is 131 Å². The summed E-state index contributed by atoms with van der Waals surface area (Å²) in [6.45, 7) is 9.63. The molecular formula is C15H28BrN3O. The van der Waals surface area contributed by atoms with Gasteiger partial charge in [-0.05, 0) is 41.7 Å². The molecule has 2 unspecified atom stereocenters. The van der Waals surface area contributed by atoms with Crippen LogP contribution in [0.5, 0.6) is 0 Å². The Morgan fingerprint density at radius 1 is 1.40 bits per heavy atom. The summed E-state index contributed by atoms with van der Waals surface area (Å²) in [5.41, 5.74) is 2.26. The van der Waals surface area contributed by atoms with E-state index in [-0.39, 0.29) is 6.10 Å². The fourth-order valence-electron chi connectivity index (χ4n) is 2.65. The zero-order chi connectivity index (χ0) is 15.3. The van der Waals surface area contributed by atoms with Crippen molar-refractivity contribution < 1.29 is 4.74 Å². The highest BCUT2D eigenvalue weighted by Gasteiger charge is 2.26. The van der Waals surface area contributed by atoms with Gasteiger partial charge in [-0.3, -0.25) is 4.68 Å². The minimum absolute atomic E-state index is 0.198. The van der Waals surface area contributed by atoms with Crippen molar-refractivity contribution in [3.63, 3.8) is 0 Å². The molecule has 0 amide bonds. The molecule has 1 N–H and O–H groups in total. The van der Waals surface area contributed by atoms with Gasteiger partial charge in [0.2, 0.25) is 0 Å². The number of halogens is 1. The van der Waals surface area contributed by atoms with Gasteiger partial charge in [0, 0.05) is 26.6 Å². The average molecular weight is 346 g/mol. The van der Waals surface area contributed by atoms with Crippen LogP contribution in [-0.2, 0) is 18.2 Å². The Morgan fingerprint density at radius 2 is 2.05 bits per heavy atom. The summed E-state index contributed by atoms with van der Waals surface area (Å²) < 4.78 is 8.80. The molecule has 116 valence electrons. The summed E-state index contributed by atoms with van der Waals surface area (Å²) in [6.07, 6.45) is 2.23. The van der Waals surface area contributed by atoms with Gasteiger partial charge in [0.25, 0.3) is 0 Å². The van der Waals surface area contributed by atoms with E-state index in [4.69, 9.17) is 4.74 Å². The second-order valence-electron chi connectivity index (χ2n) is 5.68. The molecule has 4 nitrogen and oxygen atoms in total. The zero-order valence-corrected chi connectivity index (χ0v) is 15.1. The fraction of sp³-hybridized carbons (Fsp3) is 0.800. The van der Waals surface area contributed by atoms with Gasteiger partial charge in [-0.2, -0.15) is 5.10 Å². The standard InChI is InChI=1S/C15H28BrN3O/c1-7-8-17-12(15(20-6)10(2)3)9-13-14(16)11(4)18-19(13)5/h10,12,15,17H,7-9H2,1-6H3. The average Bonchev–Trinajstić information content (AvgIpc) is 2.62. The van der Waals surface area contributed by atoms with Crippen LogP contribution in [0.4, 0.5) is 0 Å². The number of methoxy groups -OCH3 is 1. The number of hydrogen-bond acceptors (Lipinski definition) is 3. The monoisotopic (exact) mass is 345 g/mol. The summed E-state index contributed by atoms with van der Waals surface area (Å²) in [5, 5.41) is 8.10. The third kappa shape index (κ3) is 4.30. The van der Waals surface area contributed by atoms with Gasteiger partial charge in [-0.25, -0.2) is 0 Å². The van der Waals surface area contributed by atoms with Crippen LogP contribution >= 0.6 is 15.9 Å². The molecule has 0 aliphatic rings. The van der Waals surface area contributed by atoms with Crippen LogP contribution in [0.25, 0.3) is 0 Å². The molecule has 1 aromatic rings. The number of hydrogen-bond donors (Lipinski definition) is 1. The summed E-state index contributed by atoms with van der Waals surface area (Å²) >= 11 is 3.65. The van der Waals surface area contributed by atoms with Crippen LogP contribution in [0.2, 0.25) is 0 Å². The first-order valence-electron chi connectivity index (χ1n) is 7.36. The molecule has 0 saturated carbocycles. The van der Waals surface area contributed by atoms with Crippen LogP contribution in [0.1, 0.15) is 38.6 Å². The number of aromatic nitrogens is 2. The first-order valence-corrected chi connectivity index (χ1v) is 8.15. The summed E-state index contributed by atoms with van der Waals surface area (Å²) in [7, 11) is 3.80. The Morgan fingerprint density at radius 3 is 2.45 bits per heavy atom. The van der Waals surface area contributed by atoms with E-state index in [0.29, 0.717) is 12.0 Å². The summed E-state index contributed by atoms with van der Waals surface area (Å²) in [6, 6.07) is 0.297. The van der Waals surface area contributed by atoms with E-state index in [1.165, 1.54) is 5.69 Å². The number of nitrogens with zero attached hydrogens (tertiary/aromatic N) is 2. The van der Waals surface area contributed by atoms with Gasteiger partial charge in [-0.1, -0.05) is 20.8 Å². The summed E-state index contributed by atoms with van der Waals surface area (Å²) in [5.74, 6) is 0.474. The molecule has 1 aromatic heterocycles. The third-order valence-corrected chi connectivity index (χ3v) is 4.69. The van der Waals surface area contributed by atoms with Crippen molar-refractivity contribution in [2.75, 3.05) is 13.7 Å². The molecular weight excluding hydrogens is 318 g/mol. The van der Waals surface area contributed by atoms with Gasteiger partial charge < -0.3 is 10.1 Å². The van der Waals surface area contributed by atoms with Crippen LogP contribution in [0, 0.1) is 12.8 Å². The molecule has 0 bridgehead atoms. The quantitative estimate of drug-likeness (QED) is 0.786. The Bertz CT molecular complexity index is 417. The maximum atomic E-state index is 5.72. The van der Waals surface area contributed by atoms with Gasteiger partial charge in [0.05, 0.1) is 22.0 Å². The van der Waals surface area contributed by atoms with E-state index in [1.54, 1.807) is 7.11 Å². The molecule has 5 heteroatoms. The van der Waals surface area contributed by atoms with Crippen molar-refractivity contribution in [3.05, 3.63) is 15.9 Å². The van der Waals surface area contributed by atoms with Crippen molar-refractivity contribution in [2.45, 2.75) is 52.7 Å². The van der Waals surface area contributed by atoms with Crippen molar-refractivity contribution in [2.24, 2.45) is 13.0 Å². The molecule has 0 aliphatic carbocycles. The number of nitrogens with one attached hydrogen (secondary N) is 1. The molecule has 0 aromatic carbocycles. The Balaban J connectivity index is 2.93. The molecule has 1 rings (SSSR count). The topological polar surface area (TPSA) is 39.1 Å². The lowest BCUT2D eigenvalue weighted by Crippen LogP contribution is -2.46. The molecule has 0 fully saturated rings. The van der Waals surface area contributed by atoms with Gasteiger partial charge in [-0.15, -0.1) is 0 Å². The van der Waals surface area contributed by atoms with E-state index in [1.807, 2.05) is 18.7 Å². The largest absolute Gasteiger partial charge is 0.380 e. The minimum atomic E-state index is 0.198. The SMILES string of the molecule is CCCNC(Cc1c(Br)c(C)nn1C)C(OC)C(C)C. The molecule has 0 spiro atoms. The van der Waals surface area contributed by atoms with Crippen LogP contribution in [0.15, 0.2) is 4.47 Å². The van der Waals surface area contributed by atoms with Crippen LogP contribution < -0.4 is 5.32 Å². The molecule has 0 saturated heterocycles. The molecule has 1 heterocycles. The lowest BCUT2D eigenvalue weighted by Gasteiger charge is -2.30. The number of rotatable bonds is 8. The highest BCUT2D eigenvalue weighted by molar-refractivity contribution is 9.10. The van der Waals surface area contributed by atoms with E-state index in [0.717, 1.165) is 29.6 Å². The van der Waals surface area contributed by atoms with E-state index in [2.05, 4.69) is 47.1 Å². The zero-order valence-electron chi connectivity index (χ0n) is 13.5. The maximum absolute atomic E-state index is 5.72. The van der Waals surface area contributed by atoms with Crippen molar-refractivity contribution in [3.8, 4) is 0 Å². The third-order valence-electron chi connectivity index (χ3n) is 3.66. The Hall–Kier alpha value is -0.390. The number of aryl methyl sites for hydroxylation is 2. The molecule has 2 atom stereocenters. The fourth-order valence-corrected chi connectivity index (χ4v) is 3.14. The summed E-state index contributed by atoms with van der Waals surface area (Å²) in [4.78, 5) is 0. The number of ether oxygens (including phenoxy) is 1. The van der Waals surface area contributed by atoms with Crippen molar-refractivity contribution in [1.82, 2.24) is 15.1 Å². The lowest BCUT2D eigenvalue weighted by molar-refractivity contribution is 0.0327. The minimum Gasteiger partial charge on any atom is -0.380 e. The normalized spacial score (nSPS) is 14.8. The van der Waals surface area contributed by atoms with Gasteiger partial charge >= 0.3 is 0 Å². The van der Waals surface area contributed by atoms with Gasteiger partial charge in [0.1, 0.15) is 0 Å². The van der Waals surface area contributed by atoms with Crippen LogP contribution in [0.3, 0.4) is 0 Å².